The minimum atomic E-state index is 0.0999. The van der Waals surface area contributed by atoms with Crippen LogP contribution >= 0.6 is 0 Å². The van der Waals surface area contributed by atoms with Crippen molar-refractivity contribution in [3.05, 3.63) is 29.8 Å². The van der Waals surface area contributed by atoms with Crippen LogP contribution in [0.15, 0.2) is 24.3 Å². The van der Waals surface area contributed by atoms with Crippen molar-refractivity contribution in [2.24, 2.45) is 5.92 Å². The Morgan fingerprint density at radius 1 is 1.27 bits per heavy atom. The summed E-state index contributed by atoms with van der Waals surface area (Å²) in [6.07, 6.45) is 0.881. The van der Waals surface area contributed by atoms with Crippen molar-refractivity contribution in [3.8, 4) is 5.75 Å². The Kier molecular flexibility index (Phi) is 4.35. The molecule has 0 bridgehead atoms. The van der Waals surface area contributed by atoms with Gasteiger partial charge in [-0.3, -0.25) is 4.79 Å². The van der Waals surface area contributed by atoms with E-state index < -0.39 is 0 Å². The van der Waals surface area contributed by atoms with Gasteiger partial charge in [-0.15, -0.1) is 0 Å². The molecule has 0 N–H and O–H groups in total. The lowest BCUT2D eigenvalue weighted by atomic mass is 9.97. The summed E-state index contributed by atoms with van der Waals surface area (Å²) in [6, 6.07) is 7.36. The lowest BCUT2D eigenvalue weighted by Gasteiger charge is -2.08. The van der Waals surface area contributed by atoms with Crippen LogP contribution in [0.5, 0.6) is 5.75 Å². The molecule has 0 aromatic heterocycles. The maximum atomic E-state index is 11.8. The molecule has 1 unspecified atom stereocenters. The number of ether oxygens (including phenoxy) is 1. The molecule has 82 valence electrons. The number of Topliss-reactive ketones (excluding diaryl/α,β-unsaturated/α-hetero) is 1. The van der Waals surface area contributed by atoms with Crippen molar-refractivity contribution in [3.63, 3.8) is 0 Å². The average Bonchev–Trinajstić information content (AvgIpc) is 2.28. The third-order valence-corrected chi connectivity index (χ3v) is 2.51. The summed E-state index contributed by atoms with van der Waals surface area (Å²) >= 11 is 0. The van der Waals surface area contributed by atoms with Gasteiger partial charge in [-0.2, -0.15) is 0 Å². The fourth-order valence-corrected chi connectivity index (χ4v) is 1.35. The van der Waals surface area contributed by atoms with Crippen LogP contribution in [-0.2, 0) is 0 Å². The summed E-state index contributed by atoms with van der Waals surface area (Å²) in [4.78, 5) is 11.8. The van der Waals surface area contributed by atoms with Gasteiger partial charge in [0, 0.05) is 11.5 Å². The maximum absolute atomic E-state index is 11.8. The average molecular weight is 206 g/mol. The van der Waals surface area contributed by atoms with Gasteiger partial charge in [0.15, 0.2) is 5.78 Å². The van der Waals surface area contributed by atoms with Crippen molar-refractivity contribution < 1.29 is 9.53 Å². The molecule has 0 spiro atoms. The standard InChI is InChI=1S/C13H18O2/c1-4-10(3)13(14)11-6-8-12(9-7-11)15-5-2/h6-10H,4-5H2,1-3H3. The predicted octanol–water partition coefficient (Wildman–Crippen LogP) is 3.31. The minimum Gasteiger partial charge on any atom is -0.494 e. The highest BCUT2D eigenvalue weighted by Crippen LogP contribution is 2.16. The largest absolute Gasteiger partial charge is 0.494 e. The number of hydrogen-bond acceptors (Lipinski definition) is 2. The van der Waals surface area contributed by atoms with Gasteiger partial charge in [0.25, 0.3) is 0 Å². The van der Waals surface area contributed by atoms with Crippen molar-refractivity contribution in [1.82, 2.24) is 0 Å². The van der Waals surface area contributed by atoms with E-state index in [0.717, 1.165) is 17.7 Å². The van der Waals surface area contributed by atoms with Crippen molar-refractivity contribution >= 4 is 5.78 Å². The first kappa shape index (κ1) is 11.8. The first-order chi connectivity index (χ1) is 7.19. The SMILES string of the molecule is CCOc1ccc(C(=O)C(C)CC)cc1. The molecule has 0 aliphatic heterocycles. The number of carbonyl (C=O) groups excluding carboxylic acids is 1. The van der Waals surface area contributed by atoms with Gasteiger partial charge in [0.1, 0.15) is 5.75 Å². The molecule has 0 saturated heterocycles. The Labute approximate surface area is 91.3 Å². The Morgan fingerprint density at radius 2 is 1.87 bits per heavy atom. The Bertz CT molecular complexity index is 314. The van der Waals surface area contributed by atoms with E-state index in [-0.39, 0.29) is 11.7 Å². The van der Waals surface area contributed by atoms with Crippen molar-refractivity contribution in [2.45, 2.75) is 27.2 Å². The van der Waals surface area contributed by atoms with E-state index in [1.807, 2.05) is 45.0 Å². The Morgan fingerprint density at radius 3 is 2.33 bits per heavy atom. The molecule has 0 radical (unpaired) electrons. The van der Waals surface area contributed by atoms with Crippen LogP contribution in [0.25, 0.3) is 0 Å². The molecule has 2 nitrogen and oxygen atoms in total. The van der Waals surface area contributed by atoms with E-state index >= 15 is 0 Å². The number of carbonyl (C=O) groups is 1. The van der Waals surface area contributed by atoms with Crippen LogP contribution in [0.4, 0.5) is 0 Å². The molecule has 15 heavy (non-hydrogen) atoms. The highest BCUT2D eigenvalue weighted by atomic mass is 16.5. The fraction of sp³-hybridized carbons (Fsp3) is 0.462. The van der Waals surface area contributed by atoms with Gasteiger partial charge in [0.2, 0.25) is 0 Å². The number of benzene rings is 1. The third kappa shape index (κ3) is 3.08. The number of hydrogen-bond donors (Lipinski definition) is 0. The second kappa shape index (κ2) is 5.54. The summed E-state index contributed by atoms with van der Waals surface area (Å²) in [5, 5.41) is 0. The van der Waals surface area contributed by atoms with E-state index in [4.69, 9.17) is 4.74 Å². The van der Waals surface area contributed by atoms with E-state index in [9.17, 15) is 4.79 Å². The molecule has 1 aromatic carbocycles. The van der Waals surface area contributed by atoms with Crippen molar-refractivity contribution in [2.75, 3.05) is 6.61 Å². The van der Waals surface area contributed by atoms with E-state index in [2.05, 4.69) is 0 Å². The molecule has 0 aliphatic carbocycles. The Hall–Kier alpha value is -1.31. The summed E-state index contributed by atoms with van der Waals surface area (Å²) in [5.74, 6) is 1.13. The molecule has 0 fully saturated rings. The van der Waals surface area contributed by atoms with Gasteiger partial charge in [-0.25, -0.2) is 0 Å². The van der Waals surface area contributed by atoms with Crippen molar-refractivity contribution in [1.29, 1.82) is 0 Å². The van der Waals surface area contributed by atoms with Crippen LogP contribution in [0.2, 0.25) is 0 Å². The minimum absolute atomic E-state index is 0.0999. The monoisotopic (exact) mass is 206 g/mol. The highest BCUT2D eigenvalue weighted by molar-refractivity contribution is 5.97. The Balaban J connectivity index is 2.75. The lowest BCUT2D eigenvalue weighted by Crippen LogP contribution is -2.09. The summed E-state index contributed by atoms with van der Waals surface area (Å²) < 4.78 is 5.32. The van der Waals surface area contributed by atoms with Crippen LogP contribution in [0, 0.1) is 5.92 Å². The van der Waals surface area contributed by atoms with E-state index in [0.29, 0.717) is 6.61 Å². The molecule has 1 atom stereocenters. The second-order valence-electron chi connectivity index (χ2n) is 3.63. The van der Waals surface area contributed by atoms with Gasteiger partial charge in [0.05, 0.1) is 6.61 Å². The van der Waals surface area contributed by atoms with Gasteiger partial charge in [-0.05, 0) is 37.6 Å². The molecule has 0 saturated carbocycles. The van der Waals surface area contributed by atoms with Gasteiger partial charge in [-0.1, -0.05) is 13.8 Å². The zero-order valence-electron chi connectivity index (χ0n) is 9.62. The van der Waals surface area contributed by atoms with Crippen LogP contribution < -0.4 is 4.74 Å². The number of rotatable bonds is 5. The summed E-state index contributed by atoms with van der Waals surface area (Å²) in [5.41, 5.74) is 0.771. The lowest BCUT2D eigenvalue weighted by molar-refractivity contribution is 0.0927. The molecule has 0 aliphatic rings. The van der Waals surface area contributed by atoms with Crippen LogP contribution in [0.1, 0.15) is 37.6 Å². The first-order valence-corrected chi connectivity index (χ1v) is 5.46. The quantitative estimate of drug-likeness (QED) is 0.691. The summed E-state index contributed by atoms with van der Waals surface area (Å²) in [6.45, 7) is 6.58. The van der Waals surface area contributed by atoms with E-state index in [1.165, 1.54) is 0 Å². The molecule has 0 amide bonds. The third-order valence-electron chi connectivity index (χ3n) is 2.51. The van der Waals surface area contributed by atoms with Crippen LogP contribution in [-0.4, -0.2) is 12.4 Å². The van der Waals surface area contributed by atoms with Gasteiger partial charge < -0.3 is 4.74 Å². The molecule has 0 heterocycles. The maximum Gasteiger partial charge on any atom is 0.165 e. The zero-order valence-corrected chi connectivity index (χ0v) is 9.62. The van der Waals surface area contributed by atoms with E-state index in [1.54, 1.807) is 0 Å². The molecular weight excluding hydrogens is 188 g/mol. The topological polar surface area (TPSA) is 26.3 Å². The predicted molar refractivity (Wildman–Crippen MR) is 61.4 cm³/mol. The summed E-state index contributed by atoms with van der Waals surface area (Å²) in [7, 11) is 0. The molecule has 2 heteroatoms. The number of ketones is 1. The molecule has 1 rings (SSSR count). The molecular formula is C13H18O2. The first-order valence-electron chi connectivity index (χ1n) is 5.46. The normalized spacial score (nSPS) is 12.2. The zero-order chi connectivity index (χ0) is 11.3. The van der Waals surface area contributed by atoms with Gasteiger partial charge >= 0.3 is 0 Å². The molecule has 1 aromatic rings. The highest BCUT2D eigenvalue weighted by Gasteiger charge is 2.12. The smallest absolute Gasteiger partial charge is 0.165 e. The van der Waals surface area contributed by atoms with Crippen LogP contribution in [0.3, 0.4) is 0 Å². The fourth-order valence-electron chi connectivity index (χ4n) is 1.35. The second-order valence-corrected chi connectivity index (χ2v) is 3.63.